The van der Waals surface area contributed by atoms with E-state index in [1.165, 1.54) is 24.3 Å². The lowest BCUT2D eigenvalue weighted by Gasteiger charge is -2.42. The Morgan fingerprint density at radius 1 is 0.650 bits per heavy atom. The minimum atomic E-state index is -5.00. The molecular formula is C30H23F6NO3. The van der Waals surface area contributed by atoms with Crippen LogP contribution in [0, 0.1) is 0 Å². The van der Waals surface area contributed by atoms with Crippen LogP contribution < -0.4 is 14.8 Å². The molecule has 1 N–H and O–H groups in total. The molecule has 0 bridgehead atoms. The van der Waals surface area contributed by atoms with Gasteiger partial charge in [-0.3, -0.25) is 4.79 Å². The van der Waals surface area contributed by atoms with Crippen molar-refractivity contribution < 1.29 is 40.6 Å². The third-order valence-corrected chi connectivity index (χ3v) is 6.34. The highest BCUT2D eigenvalue weighted by atomic mass is 19.4. The third-order valence-electron chi connectivity index (χ3n) is 6.34. The molecular weight excluding hydrogens is 536 g/mol. The molecule has 208 valence electrons. The minimum absolute atomic E-state index is 0.138. The zero-order chi connectivity index (χ0) is 29.0. The number of carbonyl (C=O) groups excluding carboxylic acids is 1. The maximum absolute atomic E-state index is 13.6. The predicted octanol–water partition coefficient (Wildman–Crippen LogP) is 7.96. The topological polar surface area (TPSA) is 47.6 Å². The van der Waals surface area contributed by atoms with Gasteiger partial charge in [-0.2, -0.15) is 0 Å². The summed E-state index contributed by atoms with van der Waals surface area (Å²) in [5.74, 6) is -2.45. The Balaban J connectivity index is 2.00. The van der Waals surface area contributed by atoms with Crippen molar-refractivity contribution in [2.24, 2.45) is 0 Å². The largest absolute Gasteiger partial charge is 0.573 e. The smallest absolute Gasteiger partial charge is 0.406 e. The molecule has 0 heterocycles. The van der Waals surface area contributed by atoms with Crippen LogP contribution in [0.5, 0.6) is 11.5 Å². The highest BCUT2D eigenvalue weighted by molar-refractivity contribution is 5.95. The summed E-state index contributed by atoms with van der Waals surface area (Å²) >= 11 is 0. The van der Waals surface area contributed by atoms with Crippen molar-refractivity contribution in [2.75, 3.05) is 0 Å². The van der Waals surface area contributed by atoms with Gasteiger partial charge in [-0.15, -0.1) is 26.3 Å². The van der Waals surface area contributed by atoms with Crippen LogP contribution in [0.4, 0.5) is 26.3 Å². The van der Waals surface area contributed by atoms with Gasteiger partial charge in [-0.05, 0) is 53.1 Å². The van der Waals surface area contributed by atoms with E-state index >= 15 is 0 Å². The van der Waals surface area contributed by atoms with E-state index < -0.39 is 41.6 Å². The molecule has 0 fully saturated rings. The zero-order valence-electron chi connectivity index (χ0n) is 21.0. The average molecular weight is 560 g/mol. The van der Waals surface area contributed by atoms with Gasteiger partial charge in [0, 0.05) is 11.5 Å². The number of alkyl halides is 6. The Hall–Kier alpha value is -4.47. The third kappa shape index (κ3) is 6.74. The second kappa shape index (κ2) is 11.3. The van der Waals surface area contributed by atoms with Gasteiger partial charge in [-0.1, -0.05) is 79.7 Å². The highest BCUT2D eigenvalue weighted by Crippen LogP contribution is 2.45. The number of carbonyl (C=O) groups is 1. The van der Waals surface area contributed by atoms with Crippen LogP contribution in [0.25, 0.3) is 0 Å². The Bertz CT molecular complexity index is 1380. The lowest BCUT2D eigenvalue weighted by atomic mass is 9.70. The first-order valence-electron chi connectivity index (χ1n) is 12.0. The second-order valence-electron chi connectivity index (χ2n) is 8.91. The molecule has 0 radical (unpaired) electrons. The summed E-state index contributed by atoms with van der Waals surface area (Å²) in [7, 11) is 0. The lowest BCUT2D eigenvalue weighted by molar-refractivity contribution is -0.275. The van der Waals surface area contributed by atoms with Crippen LogP contribution in [0.15, 0.2) is 109 Å². The Morgan fingerprint density at radius 3 is 1.55 bits per heavy atom. The van der Waals surface area contributed by atoms with Crippen molar-refractivity contribution in [1.29, 1.82) is 0 Å². The first-order chi connectivity index (χ1) is 18.9. The van der Waals surface area contributed by atoms with Gasteiger partial charge >= 0.3 is 12.7 Å². The van der Waals surface area contributed by atoms with Gasteiger partial charge < -0.3 is 14.8 Å². The molecule has 10 heteroatoms. The van der Waals surface area contributed by atoms with Gasteiger partial charge in [0.05, 0.1) is 5.54 Å². The molecule has 0 saturated carbocycles. The fourth-order valence-electron chi connectivity index (χ4n) is 4.63. The van der Waals surface area contributed by atoms with Gasteiger partial charge in [0.25, 0.3) is 5.91 Å². The molecule has 4 aromatic rings. The van der Waals surface area contributed by atoms with Crippen molar-refractivity contribution in [2.45, 2.75) is 31.1 Å². The summed E-state index contributed by atoms with van der Waals surface area (Å²) in [5.41, 5.74) is -0.528. The van der Waals surface area contributed by atoms with Gasteiger partial charge in [0.2, 0.25) is 0 Å². The molecule has 0 spiro atoms. The SMILES string of the molecule is CC(c1ccccc1)C(NC(=O)c1ccccc1)(c1cccc(OC(F)(F)F)c1)c1cccc(OC(F)(F)F)c1. The summed E-state index contributed by atoms with van der Waals surface area (Å²) in [5, 5.41) is 2.95. The summed E-state index contributed by atoms with van der Waals surface area (Å²) in [6, 6.07) is 26.8. The van der Waals surface area contributed by atoms with E-state index in [0.717, 1.165) is 24.3 Å². The van der Waals surface area contributed by atoms with Crippen LogP contribution in [0.2, 0.25) is 0 Å². The molecule has 4 aromatic carbocycles. The van der Waals surface area contributed by atoms with E-state index in [9.17, 15) is 31.1 Å². The summed E-state index contributed by atoms with van der Waals surface area (Å²) < 4.78 is 87.2. The van der Waals surface area contributed by atoms with Gasteiger partial charge in [-0.25, -0.2) is 0 Å². The number of rotatable bonds is 8. The van der Waals surface area contributed by atoms with Crippen LogP contribution in [0.1, 0.15) is 39.9 Å². The number of amides is 1. The van der Waals surface area contributed by atoms with Crippen LogP contribution in [-0.2, 0) is 5.54 Å². The maximum Gasteiger partial charge on any atom is 0.573 e. The van der Waals surface area contributed by atoms with E-state index in [1.54, 1.807) is 67.6 Å². The molecule has 0 saturated heterocycles. The molecule has 1 atom stereocenters. The number of hydrogen-bond donors (Lipinski definition) is 1. The van der Waals surface area contributed by atoms with Crippen LogP contribution >= 0.6 is 0 Å². The Morgan fingerprint density at radius 2 is 1.10 bits per heavy atom. The zero-order valence-corrected chi connectivity index (χ0v) is 21.0. The first-order valence-corrected chi connectivity index (χ1v) is 12.0. The standard InChI is InChI=1S/C30H23F6NO3/c1-20(21-10-4-2-5-11-21)28(37-27(38)22-12-6-3-7-13-22,23-14-8-16-25(18-23)39-29(31,32)33)24-15-9-17-26(19-24)40-30(34,35)36/h2-20H,1H3,(H,37,38). The fraction of sp³-hybridized carbons (Fsp3) is 0.167. The maximum atomic E-state index is 13.6. The normalized spacial score (nSPS) is 12.9. The van der Waals surface area contributed by atoms with E-state index in [0.29, 0.717) is 5.56 Å². The number of halogens is 6. The molecule has 0 aliphatic heterocycles. The Labute approximate surface area is 226 Å². The van der Waals surface area contributed by atoms with Crippen molar-refractivity contribution in [3.63, 3.8) is 0 Å². The van der Waals surface area contributed by atoms with Crippen LogP contribution in [-0.4, -0.2) is 18.6 Å². The fourth-order valence-corrected chi connectivity index (χ4v) is 4.63. The Kier molecular flexibility index (Phi) is 8.08. The van der Waals surface area contributed by atoms with Crippen molar-refractivity contribution in [1.82, 2.24) is 5.32 Å². The number of nitrogens with one attached hydrogen (secondary N) is 1. The van der Waals surface area contributed by atoms with Crippen molar-refractivity contribution in [3.8, 4) is 11.5 Å². The average Bonchev–Trinajstić information content (AvgIpc) is 2.90. The lowest BCUT2D eigenvalue weighted by Crippen LogP contribution is -2.50. The molecule has 1 amide bonds. The predicted molar refractivity (Wildman–Crippen MR) is 136 cm³/mol. The van der Waals surface area contributed by atoms with E-state index in [2.05, 4.69) is 14.8 Å². The summed E-state index contributed by atoms with van der Waals surface area (Å²) in [6.07, 6.45) is -10.00. The summed E-state index contributed by atoms with van der Waals surface area (Å²) in [6.45, 7) is 1.72. The molecule has 1 unspecified atom stereocenters. The van der Waals surface area contributed by atoms with Crippen LogP contribution in [0.3, 0.4) is 0 Å². The second-order valence-corrected chi connectivity index (χ2v) is 8.91. The molecule has 0 aliphatic rings. The minimum Gasteiger partial charge on any atom is -0.406 e. The van der Waals surface area contributed by atoms with E-state index in [-0.39, 0.29) is 16.7 Å². The molecule has 4 rings (SSSR count). The number of ether oxygens (including phenoxy) is 2. The van der Waals surface area contributed by atoms with E-state index in [1.807, 2.05) is 0 Å². The van der Waals surface area contributed by atoms with E-state index in [4.69, 9.17) is 0 Å². The number of hydrogen-bond acceptors (Lipinski definition) is 3. The molecule has 4 nitrogen and oxygen atoms in total. The monoisotopic (exact) mass is 559 g/mol. The number of benzene rings is 4. The van der Waals surface area contributed by atoms with Crippen molar-refractivity contribution >= 4 is 5.91 Å². The quantitative estimate of drug-likeness (QED) is 0.223. The molecule has 40 heavy (non-hydrogen) atoms. The first kappa shape index (κ1) is 28.5. The summed E-state index contributed by atoms with van der Waals surface area (Å²) in [4.78, 5) is 13.6. The van der Waals surface area contributed by atoms with Gasteiger partial charge in [0.15, 0.2) is 0 Å². The van der Waals surface area contributed by atoms with Gasteiger partial charge in [0.1, 0.15) is 11.5 Å². The van der Waals surface area contributed by atoms with Crippen molar-refractivity contribution in [3.05, 3.63) is 131 Å². The highest BCUT2D eigenvalue weighted by Gasteiger charge is 2.44. The molecule has 0 aliphatic carbocycles. The molecule has 0 aromatic heterocycles.